The van der Waals surface area contributed by atoms with E-state index < -0.39 is 11.8 Å². The number of rotatable bonds is 6. The van der Waals surface area contributed by atoms with Crippen molar-refractivity contribution in [1.82, 2.24) is 4.57 Å². The predicted molar refractivity (Wildman–Crippen MR) is 231 cm³/mol. The van der Waals surface area contributed by atoms with Crippen LogP contribution in [0.5, 0.6) is 0 Å². The summed E-state index contributed by atoms with van der Waals surface area (Å²) in [5.74, 6) is -0.837. The zero-order chi connectivity index (χ0) is 39.3. The highest BCUT2D eigenvalue weighted by Crippen LogP contribution is 2.47. The Kier molecular flexibility index (Phi) is 8.11. The molecule has 0 unspecified atom stereocenters. The van der Waals surface area contributed by atoms with Crippen molar-refractivity contribution in [2.45, 2.75) is 0 Å². The lowest BCUT2D eigenvalue weighted by atomic mass is 9.90. The molecule has 10 rings (SSSR count). The van der Waals surface area contributed by atoms with Crippen molar-refractivity contribution in [1.29, 1.82) is 5.26 Å². The molecule has 2 heterocycles. The molecular formula is C52H30N4O2. The molecule has 270 valence electrons. The van der Waals surface area contributed by atoms with Crippen molar-refractivity contribution in [3.63, 3.8) is 0 Å². The van der Waals surface area contributed by atoms with Crippen molar-refractivity contribution in [3.8, 4) is 56.3 Å². The fourth-order valence-electron chi connectivity index (χ4n) is 8.40. The number of carbonyl (C=O) groups excluding carboxylic acids is 2. The zero-order valence-corrected chi connectivity index (χ0v) is 30.9. The lowest BCUT2D eigenvalue weighted by Gasteiger charge is -2.24. The van der Waals surface area contributed by atoms with Crippen molar-refractivity contribution in [3.05, 3.63) is 210 Å². The maximum Gasteiger partial charge on any atom is 0.268 e. The van der Waals surface area contributed by atoms with Crippen molar-refractivity contribution >= 4 is 45.0 Å². The Morgan fingerprint density at radius 2 is 1.09 bits per heavy atom. The van der Waals surface area contributed by atoms with Crippen LogP contribution >= 0.6 is 0 Å². The number of benzene rings is 8. The summed E-state index contributed by atoms with van der Waals surface area (Å²) in [5, 5.41) is 11.8. The first-order valence-corrected chi connectivity index (χ1v) is 18.9. The molecule has 1 aliphatic rings. The van der Waals surface area contributed by atoms with Gasteiger partial charge < -0.3 is 4.57 Å². The highest BCUT2D eigenvalue weighted by atomic mass is 16.2. The molecule has 0 spiro atoms. The van der Waals surface area contributed by atoms with E-state index in [1.165, 1.54) is 4.90 Å². The van der Waals surface area contributed by atoms with Gasteiger partial charge in [0.25, 0.3) is 11.8 Å². The fraction of sp³-hybridized carbons (Fsp3) is 0. The van der Waals surface area contributed by atoms with Crippen LogP contribution in [0.1, 0.15) is 26.3 Å². The molecule has 1 aromatic heterocycles. The molecule has 0 radical (unpaired) electrons. The van der Waals surface area contributed by atoms with Gasteiger partial charge in [-0.05, 0) is 76.3 Å². The van der Waals surface area contributed by atoms with E-state index in [0.29, 0.717) is 39.3 Å². The number of imide groups is 1. The van der Waals surface area contributed by atoms with Gasteiger partial charge in [0.2, 0.25) is 0 Å². The van der Waals surface area contributed by atoms with E-state index in [0.717, 1.165) is 60.8 Å². The van der Waals surface area contributed by atoms with E-state index >= 15 is 9.59 Å². The maximum atomic E-state index is 15.5. The molecule has 8 aromatic carbocycles. The number of nitrogens with zero attached hydrogens (tertiary/aromatic N) is 4. The van der Waals surface area contributed by atoms with E-state index in [-0.39, 0.29) is 0 Å². The van der Waals surface area contributed by atoms with Crippen molar-refractivity contribution < 1.29 is 9.59 Å². The van der Waals surface area contributed by atoms with Crippen LogP contribution in [-0.2, 0) is 0 Å². The van der Waals surface area contributed by atoms with Gasteiger partial charge in [-0.1, -0.05) is 133 Å². The minimum Gasteiger partial charge on any atom is -0.308 e. The Hall–Kier alpha value is -8.32. The number of hydrogen-bond donors (Lipinski definition) is 0. The highest BCUT2D eigenvalue weighted by Gasteiger charge is 2.42. The van der Waals surface area contributed by atoms with E-state index in [2.05, 4.69) is 39.7 Å². The van der Waals surface area contributed by atoms with Crippen molar-refractivity contribution in [2.75, 3.05) is 4.90 Å². The Bertz CT molecular complexity index is 3130. The Labute approximate surface area is 334 Å². The molecule has 0 bridgehead atoms. The Morgan fingerprint density at radius 1 is 0.500 bits per heavy atom. The van der Waals surface area contributed by atoms with Crippen LogP contribution < -0.4 is 4.90 Å². The third-order valence-electron chi connectivity index (χ3n) is 10.9. The van der Waals surface area contributed by atoms with Gasteiger partial charge in [0.15, 0.2) is 5.69 Å². The molecule has 0 saturated carbocycles. The second-order valence-corrected chi connectivity index (χ2v) is 14.2. The number of anilines is 1. The van der Waals surface area contributed by atoms with E-state index in [1.807, 2.05) is 133 Å². The minimum absolute atomic E-state index is 0.294. The van der Waals surface area contributed by atoms with Gasteiger partial charge in [-0.3, -0.25) is 9.59 Å². The fourth-order valence-corrected chi connectivity index (χ4v) is 8.40. The van der Waals surface area contributed by atoms with Gasteiger partial charge in [-0.25, -0.2) is 9.74 Å². The molecule has 0 fully saturated rings. The molecule has 58 heavy (non-hydrogen) atoms. The van der Waals surface area contributed by atoms with E-state index in [9.17, 15) is 5.26 Å². The van der Waals surface area contributed by atoms with Crippen LogP contribution in [0.2, 0.25) is 0 Å². The largest absolute Gasteiger partial charge is 0.308 e. The summed E-state index contributed by atoms with van der Waals surface area (Å²) in [4.78, 5) is 35.5. The first-order valence-electron chi connectivity index (χ1n) is 18.9. The quantitative estimate of drug-likeness (QED) is 0.126. The van der Waals surface area contributed by atoms with Gasteiger partial charge in [0, 0.05) is 33.0 Å². The first-order chi connectivity index (χ1) is 28.5. The van der Waals surface area contributed by atoms with Gasteiger partial charge >= 0.3 is 0 Å². The predicted octanol–water partition coefficient (Wildman–Crippen LogP) is 12.7. The van der Waals surface area contributed by atoms with Gasteiger partial charge in [-0.15, -0.1) is 0 Å². The molecule has 0 atom stereocenters. The summed E-state index contributed by atoms with van der Waals surface area (Å²) in [7, 11) is 0. The molecule has 6 nitrogen and oxygen atoms in total. The Balaban J connectivity index is 1.25. The second-order valence-electron chi connectivity index (χ2n) is 14.2. The van der Waals surface area contributed by atoms with Crippen LogP contribution in [0.15, 0.2) is 182 Å². The molecule has 0 saturated heterocycles. The number of aromatic nitrogens is 1. The number of para-hydroxylation sites is 2. The molecule has 0 aliphatic carbocycles. The summed E-state index contributed by atoms with van der Waals surface area (Å²) in [6, 6.07) is 60.8. The third kappa shape index (κ3) is 5.40. The van der Waals surface area contributed by atoms with Crippen molar-refractivity contribution in [2.24, 2.45) is 0 Å². The Morgan fingerprint density at radius 3 is 1.74 bits per heavy atom. The van der Waals surface area contributed by atoms with Gasteiger partial charge in [-0.2, -0.15) is 5.26 Å². The lowest BCUT2D eigenvalue weighted by Crippen LogP contribution is -2.30. The summed E-state index contributed by atoms with van der Waals surface area (Å²) in [6.07, 6.45) is 0. The lowest BCUT2D eigenvalue weighted by molar-refractivity contribution is 0.0926. The molecular weight excluding hydrogens is 713 g/mol. The highest BCUT2D eigenvalue weighted by molar-refractivity contribution is 6.37. The average Bonchev–Trinajstić information content (AvgIpc) is 3.76. The number of amides is 2. The molecule has 9 aromatic rings. The van der Waals surface area contributed by atoms with Crippen LogP contribution in [0.4, 0.5) is 11.4 Å². The van der Waals surface area contributed by atoms with Gasteiger partial charge in [0.05, 0.1) is 46.2 Å². The first kappa shape index (κ1) is 34.2. The van der Waals surface area contributed by atoms with Crippen LogP contribution in [0.25, 0.3) is 76.8 Å². The second kappa shape index (κ2) is 13.8. The van der Waals surface area contributed by atoms with Crippen LogP contribution in [0, 0.1) is 17.9 Å². The number of nitriles is 1. The van der Waals surface area contributed by atoms with E-state index in [4.69, 9.17) is 6.57 Å². The normalized spacial score (nSPS) is 12.1. The summed E-state index contributed by atoms with van der Waals surface area (Å²) in [6.45, 7) is 7.75. The smallest absolute Gasteiger partial charge is 0.268 e. The third-order valence-corrected chi connectivity index (χ3v) is 10.9. The summed E-state index contributed by atoms with van der Waals surface area (Å²) < 4.78 is 2.05. The monoisotopic (exact) mass is 742 g/mol. The SMILES string of the molecule is [C-]#[N+]c1cc(C#N)cc(-c2cccc3c4ccccc4n(-c4cccc5c4C(=O)N(c4c(-c6ccccc6)cc(-c6ccccc6)cc4-c4ccccc4)C5=O)c23)c1. The molecule has 0 N–H and O–H groups in total. The van der Waals surface area contributed by atoms with Crippen LogP contribution in [-0.4, -0.2) is 16.4 Å². The molecule has 6 heteroatoms. The standard InChI is InChI=1S/C52H30N4O2/c1-54-39-28-33(32-53)27-38(29-39)40-22-13-23-42-41-21-11-12-25-46(41)55(49(40)42)47-26-14-24-43-48(47)52(58)56(51(43)57)50-44(35-17-7-3-8-18-35)30-37(34-15-5-2-6-16-34)31-45(50)36-19-9-4-10-20-36/h2-31H. The molecule has 1 aliphatic heterocycles. The zero-order valence-electron chi connectivity index (χ0n) is 30.9. The molecule has 2 amide bonds. The number of hydrogen-bond acceptors (Lipinski definition) is 3. The van der Waals surface area contributed by atoms with Gasteiger partial charge in [0.1, 0.15) is 0 Å². The topological polar surface area (TPSA) is 70.5 Å². The number of fused-ring (bicyclic) bond motifs is 4. The number of carbonyl (C=O) groups is 2. The van der Waals surface area contributed by atoms with Crippen LogP contribution in [0.3, 0.4) is 0 Å². The minimum atomic E-state index is -0.428. The summed E-state index contributed by atoms with van der Waals surface area (Å²) in [5.41, 5.74) is 10.8. The van der Waals surface area contributed by atoms with E-state index in [1.54, 1.807) is 24.3 Å². The summed E-state index contributed by atoms with van der Waals surface area (Å²) >= 11 is 0. The average molecular weight is 743 g/mol. The maximum absolute atomic E-state index is 15.5.